The molecule has 1 aromatic rings. The molecule has 1 aliphatic rings. The quantitative estimate of drug-likeness (QED) is 0.876. The van der Waals surface area contributed by atoms with Gasteiger partial charge in [-0.2, -0.15) is 18.3 Å². The van der Waals surface area contributed by atoms with Gasteiger partial charge in [0.15, 0.2) is 0 Å². The number of aromatic nitrogens is 2. The van der Waals surface area contributed by atoms with Crippen molar-refractivity contribution < 1.29 is 22.7 Å². The number of nitrogens with one attached hydrogen (secondary N) is 1. The zero-order chi connectivity index (χ0) is 18.7. The van der Waals surface area contributed by atoms with Gasteiger partial charge in [0.05, 0.1) is 12.2 Å². The molecule has 0 bridgehead atoms. The molecular weight excluding hydrogens is 335 g/mol. The zero-order valence-electron chi connectivity index (χ0n) is 14.9. The molecule has 0 unspecified atom stereocenters. The number of alkyl halides is 3. The number of aryl methyl sites for hydroxylation is 2. The fraction of sp³-hybridized carbons (Fsp3) is 0.765. The van der Waals surface area contributed by atoms with E-state index < -0.39 is 17.7 Å². The van der Waals surface area contributed by atoms with Crippen molar-refractivity contribution in [3.05, 3.63) is 17.5 Å². The number of nitrogens with zero attached hydrogens (tertiary/aromatic N) is 2. The van der Waals surface area contributed by atoms with Gasteiger partial charge in [0, 0.05) is 19.3 Å². The molecule has 5 nitrogen and oxygen atoms in total. The maximum atomic E-state index is 13.8. The van der Waals surface area contributed by atoms with E-state index in [0.29, 0.717) is 25.0 Å². The van der Waals surface area contributed by atoms with Gasteiger partial charge < -0.3 is 10.1 Å². The van der Waals surface area contributed by atoms with E-state index in [1.807, 2.05) is 13.8 Å². The minimum atomic E-state index is -4.76. The number of hydrogen-bond donors (Lipinski definition) is 1. The lowest BCUT2D eigenvalue weighted by molar-refractivity contribution is -0.269. The highest BCUT2D eigenvalue weighted by Gasteiger charge is 2.62. The van der Waals surface area contributed by atoms with Crippen molar-refractivity contribution in [2.24, 2.45) is 13.0 Å². The minimum Gasteiger partial charge on any atom is -0.357 e. The number of carbonyl (C=O) groups is 1. The van der Waals surface area contributed by atoms with Gasteiger partial charge in [-0.1, -0.05) is 19.8 Å². The molecule has 0 aliphatic carbocycles. The van der Waals surface area contributed by atoms with Crippen molar-refractivity contribution >= 4 is 5.91 Å². The van der Waals surface area contributed by atoms with Crippen LogP contribution in [0.1, 0.15) is 50.4 Å². The van der Waals surface area contributed by atoms with E-state index in [1.165, 1.54) is 0 Å². The third-order valence-corrected chi connectivity index (χ3v) is 4.80. The molecule has 25 heavy (non-hydrogen) atoms. The summed E-state index contributed by atoms with van der Waals surface area (Å²) in [6.07, 6.45) is -2.44. The molecule has 2 atom stereocenters. The van der Waals surface area contributed by atoms with E-state index in [4.69, 9.17) is 4.74 Å². The maximum Gasteiger partial charge on any atom is 0.426 e. The number of amides is 1. The van der Waals surface area contributed by atoms with Gasteiger partial charge in [-0.05, 0) is 38.2 Å². The van der Waals surface area contributed by atoms with E-state index in [1.54, 1.807) is 17.8 Å². The highest BCUT2D eigenvalue weighted by atomic mass is 19.4. The first-order chi connectivity index (χ1) is 11.7. The minimum absolute atomic E-state index is 0.0554. The van der Waals surface area contributed by atoms with Crippen molar-refractivity contribution in [2.75, 3.05) is 6.61 Å². The SMILES string of the molecule is CCC[C@@H]1CCCO[C@@](C(=O)NCc2cc(C)n(C)n2)(C(F)(F)F)C1. The van der Waals surface area contributed by atoms with Gasteiger partial charge in [0.2, 0.25) is 5.60 Å². The molecule has 1 aromatic heterocycles. The third-order valence-electron chi connectivity index (χ3n) is 4.80. The summed E-state index contributed by atoms with van der Waals surface area (Å²) >= 11 is 0. The summed E-state index contributed by atoms with van der Waals surface area (Å²) in [5, 5.41) is 6.54. The molecule has 1 saturated heterocycles. The number of rotatable bonds is 5. The van der Waals surface area contributed by atoms with Crippen LogP contribution < -0.4 is 5.32 Å². The van der Waals surface area contributed by atoms with Crippen LogP contribution in [0.3, 0.4) is 0 Å². The first-order valence-corrected chi connectivity index (χ1v) is 8.68. The summed E-state index contributed by atoms with van der Waals surface area (Å²) in [7, 11) is 1.74. The largest absolute Gasteiger partial charge is 0.426 e. The second kappa shape index (κ2) is 7.76. The molecule has 142 valence electrons. The number of hydrogen-bond acceptors (Lipinski definition) is 3. The summed E-state index contributed by atoms with van der Waals surface area (Å²) in [6.45, 7) is 3.65. The smallest absolute Gasteiger partial charge is 0.357 e. The van der Waals surface area contributed by atoms with E-state index in [9.17, 15) is 18.0 Å². The van der Waals surface area contributed by atoms with Crippen LogP contribution in [0.15, 0.2) is 6.07 Å². The molecular formula is C17H26F3N3O2. The van der Waals surface area contributed by atoms with Crippen LogP contribution in [0.5, 0.6) is 0 Å². The second-order valence-corrected chi connectivity index (χ2v) is 6.76. The Kier molecular flexibility index (Phi) is 6.13. The van der Waals surface area contributed by atoms with Gasteiger partial charge >= 0.3 is 6.18 Å². The van der Waals surface area contributed by atoms with Gasteiger partial charge in [-0.3, -0.25) is 9.48 Å². The predicted octanol–water partition coefficient (Wildman–Crippen LogP) is 3.26. The molecule has 1 fully saturated rings. The first-order valence-electron chi connectivity index (χ1n) is 8.68. The summed E-state index contributed by atoms with van der Waals surface area (Å²) in [4.78, 5) is 12.5. The number of halogens is 3. The lowest BCUT2D eigenvalue weighted by atomic mass is 9.85. The lowest BCUT2D eigenvalue weighted by Crippen LogP contribution is -2.59. The average molecular weight is 361 g/mol. The second-order valence-electron chi connectivity index (χ2n) is 6.76. The molecule has 0 spiro atoms. The van der Waals surface area contributed by atoms with Crippen LogP contribution in [-0.2, 0) is 23.1 Å². The average Bonchev–Trinajstić information content (AvgIpc) is 2.73. The van der Waals surface area contributed by atoms with Crippen LogP contribution in [0.2, 0.25) is 0 Å². The number of carbonyl (C=O) groups excluding carboxylic acids is 1. The maximum absolute atomic E-state index is 13.8. The molecule has 0 aromatic carbocycles. The highest BCUT2D eigenvalue weighted by Crippen LogP contribution is 2.42. The van der Waals surface area contributed by atoms with Gasteiger partial charge in [0.1, 0.15) is 0 Å². The summed E-state index contributed by atoms with van der Waals surface area (Å²) in [5.41, 5.74) is -1.39. The Morgan fingerprint density at radius 1 is 1.52 bits per heavy atom. The normalized spacial score (nSPS) is 24.8. The standard InChI is InChI=1S/C17H26F3N3O2/c1-4-6-13-7-5-8-25-16(10-13,17(18,19)20)15(24)21-11-14-9-12(2)23(3)22-14/h9,13H,4-8,10-11H2,1-3H3,(H,21,24)/t13-,16+/m1/s1. The Balaban J connectivity index is 2.18. The molecule has 1 amide bonds. The Morgan fingerprint density at radius 2 is 2.24 bits per heavy atom. The van der Waals surface area contributed by atoms with Gasteiger partial charge in [-0.25, -0.2) is 0 Å². The lowest BCUT2D eigenvalue weighted by Gasteiger charge is -2.34. The van der Waals surface area contributed by atoms with Crippen molar-refractivity contribution in [2.45, 2.75) is 64.3 Å². The van der Waals surface area contributed by atoms with E-state index in [-0.39, 0.29) is 25.5 Å². The fourth-order valence-corrected chi connectivity index (χ4v) is 3.36. The Hall–Kier alpha value is -1.57. The number of ether oxygens (including phenoxy) is 1. The van der Waals surface area contributed by atoms with Crippen LogP contribution in [0, 0.1) is 12.8 Å². The summed E-state index contributed by atoms with van der Waals surface area (Å²) < 4.78 is 48.2. The van der Waals surface area contributed by atoms with Crippen molar-refractivity contribution in [1.29, 1.82) is 0 Å². The summed E-state index contributed by atoms with van der Waals surface area (Å²) in [5.74, 6) is -1.29. The topological polar surface area (TPSA) is 56.1 Å². The molecule has 8 heteroatoms. The van der Waals surface area contributed by atoms with Gasteiger partial charge in [-0.15, -0.1) is 0 Å². The van der Waals surface area contributed by atoms with Crippen LogP contribution in [0.4, 0.5) is 13.2 Å². The van der Waals surface area contributed by atoms with Gasteiger partial charge in [0.25, 0.3) is 5.91 Å². The Bertz CT molecular complexity index is 581. The summed E-state index contributed by atoms with van der Waals surface area (Å²) in [6, 6.07) is 1.73. The molecule has 1 N–H and O–H groups in total. The van der Waals surface area contributed by atoms with Crippen molar-refractivity contribution in [3.63, 3.8) is 0 Å². The fourth-order valence-electron chi connectivity index (χ4n) is 3.36. The Labute approximate surface area is 145 Å². The third kappa shape index (κ3) is 4.34. The molecule has 0 radical (unpaired) electrons. The molecule has 2 rings (SSSR count). The predicted molar refractivity (Wildman–Crippen MR) is 86.8 cm³/mol. The first kappa shape index (κ1) is 19.8. The monoisotopic (exact) mass is 361 g/mol. The van der Waals surface area contributed by atoms with Crippen LogP contribution in [0.25, 0.3) is 0 Å². The highest BCUT2D eigenvalue weighted by molar-refractivity contribution is 5.86. The van der Waals surface area contributed by atoms with E-state index >= 15 is 0 Å². The van der Waals surface area contributed by atoms with Crippen LogP contribution >= 0.6 is 0 Å². The Morgan fingerprint density at radius 3 is 2.80 bits per heavy atom. The molecule has 2 heterocycles. The zero-order valence-corrected chi connectivity index (χ0v) is 14.9. The molecule has 1 aliphatic heterocycles. The van der Waals surface area contributed by atoms with Crippen LogP contribution in [-0.4, -0.2) is 34.1 Å². The molecule has 0 saturated carbocycles. The van der Waals surface area contributed by atoms with E-state index in [2.05, 4.69) is 10.4 Å². The van der Waals surface area contributed by atoms with Crippen molar-refractivity contribution in [1.82, 2.24) is 15.1 Å². The van der Waals surface area contributed by atoms with E-state index in [0.717, 1.165) is 12.1 Å². The van der Waals surface area contributed by atoms with Crippen molar-refractivity contribution in [3.8, 4) is 0 Å².